The Hall–Kier alpha value is -3.93. The number of carbonyl (C=O) groups is 1. The predicted octanol–water partition coefficient (Wildman–Crippen LogP) is 5.35. The molecule has 0 aliphatic carbocycles. The fourth-order valence-corrected chi connectivity index (χ4v) is 3.67. The molecule has 1 amide bonds. The van der Waals surface area contributed by atoms with E-state index in [9.17, 15) is 9.18 Å². The van der Waals surface area contributed by atoms with Gasteiger partial charge < -0.3 is 5.73 Å². The number of amides is 1. The molecule has 0 fully saturated rings. The lowest BCUT2D eigenvalue weighted by atomic mass is 9.94. The first kappa shape index (κ1) is 23.7. The van der Waals surface area contributed by atoms with Gasteiger partial charge >= 0.3 is 0 Å². The van der Waals surface area contributed by atoms with Crippen LogP contribution in [0.5, 0.6) is 0 Å². The summed E-state index contributed by atoms with van der Waals surface area (Å²) in [6.45, 7) is 2.10. The second-order valence-electron chi connectivity index (χ2n) is 7.81. The average Bonchev–Trinajstić information content (AvgIpc) is 2.80. The molecule has 0 bridgehead atoms. The molecule has 0 aliphatic heterocycles. The Balaban J connectivity index is 0.00000306. The van der Waals surface area contributed by atoms with Crippen LogP contribution in [0.15, 0.2) is 79.3 Å². The molecule has 2 aromatic heterocycles. The Morgan fingerprint density at radius 2 is 1.64 bits per heavy atom. The lowest BCUT2D eigenvalue weighted by molar-refractivity contribution is 0.100. The fourth-order valence-electron chi connectivity index (χ4n) is 3.67. The van der Waals surface area contributed by atoms with Gasteiger partial charge in [0.25, 0.3) is 0 Å². The summed E-state index contributed by atoms with van der Waals surface area (Å²) in [6, 6.07) is 17.9. The third kappa shape index (κ3) is 6.07. The maximum atomic E-state index is 13.3. The maximum Gasteiger partial charge on any atom is 0.248 e. The van der Waals surface area contributed by atoms with Crippen molar-refractivity contribution in [3.8, 4) is 11.1 Å². The SMILES string of the molecule is C.C[C@H](Cc1cc(-c2ccc(C(N)=O)cc2)cc(Cc2cnccn2)n1)c1ccc(F)cc1. The van der Waals surface area contributed by atoms with E-state index in [0.29, 0.717) is 18.4 Å². The van der Waals surface area contributed by atoms with Gasteiger partial charge in [0.1, 0.15) is 5.82 Å². The van der Waals surface area contributed by atoms with Crippen LogP contribution in [0, 0.1) is 5.82 Å². The minimum atomic E-state index is -0.455. The van der Waals surface area contributed by atoms with E-state index in [0.717, 1.165) is 33.8 Å². The first-order valence-electron chi connectivity index (χ1n) is 10.4. The number of halogens is 1. The number of nitrogens with zero attached hydrogens (tertiary/aromatic N) is 3. The van der Waals surface area contributed by atoms with Crippen LogP contribution in [0.1, 0.15) is 53.3 Å². The number of pyridine rings is 1. The molecule has 33 heavy (non-hydrogen) atoms. The molecular weight excluding hydrogens is 415 g/mol. The van der Waals surface area contributed by atoms with Gasteiger partial charge in [0.15, 0.2) is 0 Å². The quantitative estimate of drug-likeness (QED) is 0.418. The van der Waals surface area contributed by atoms with Gasteiger partial charge in [-0.3, -0.25) is 19.7 Å². The van der Waals surface area contributed by atoms with E-state index in [1.807, 2.05) is 30.3 Å². The standard InChI is InChI=1S/C26H23FN4O.CH4/c1-17(18-6-8-22(27)9-7-18)12-23-13-21(19-2-4-20(5-3-19)26(28)32)14-24(31-23)15-25-16-29-10-11-30-25;/h2-11,13-14,16-17H,12,15H2,1H3,(H2,28,32);1H4/t17-;/m1./s1. The van der Waals surface area contributed by atoms with Gasteiger partial charge in [-0.15, -0.1) is 0 Å². The first-order chi connectivity index (χ1) is 15.5. The van der Waals surface area contributed by atoms with E-state index in [1.165, 1.54) is 12.1 Å². The summed E-state index contributed by atoms with van der Waals surface area (Å²) >= 11 is 0. The number of hydrogen-bond acceptors (Lipinski definition) is 4. The Bertz CT molecular complexity index is 1210. The van der Waals surface area contributed by atoms with E-state index >= 15 is 0 Å². The lowest BCUT2D eigenvalue weighted by Gasteiger charge is -2.14. The van der Waals surface area contributed by atoms with Crippen LogP contribution in [0.3, 0.4) is 0 Å². The maximum absolute atomic E-state index is 13.3. The number of nitrogens with two attached hydrogens (primary N) is 1. The van der Waals surface area contributed by atoms with Crippen molar-refractivity contribution >= 4 is 5.91 Å². The molecule has 0 saturated heterocycles. The summed E-state index contributed by atoms with van der Waals surface area (Å²) in [7, 11) is 0. The zero-order chi connectivity index (χ0) is 22.5. The van der Waals surface area contributed by atoms with Crippen LogP contribution in [0.4, 0.5) is 4.39 Å². The number of hydrogen-bond donors (Lipinski definition) is 1. The van der Waals surface area contributed by atoms with Crippen molar-refractivity contribution in [2.45, 2.75) is 33.1 Å². The predicted molar refractivity (Wildman–Crippen MR) is 128 cm³/mol. The molecule has 0 spiro atoms. The topological polar surface area (TPSA) is 81.8 Å². The minimum Gasteiger partial charge on any atom is -0.366 e. The monoisotopic (exact) mass is 442 g/mol. The van der Waals surface area contributed by atoms with Crippen molar-refractivity contribution in [3.63, 3.8) is 0 Å². The van der Waals surface area contributed by atoms with Crippen molar-refractivity contribution < 1.29 is 9.18 Å². The van der Waals surface area contributed by atoms with Crippen molar-refractivity contribution in [1.29, 1.82) is 0 Å². The summed E-state index contributed by atoms with van der Waals surface area (Å²) in [5.41, 5.74) is 11.5. The van der Waals surface area contributed by atoms with E-state index in [-0.39, 0.29) is 19.2 Å². The van der Waals surface area contributed by atoms with Crippen molar-refractivity contribution in [3.05, 3.63) is 113 Å². The minimum absolute atomic E-state index is 0. The highest BCUT2D eigenvalue weighted by Crippen LogP contribution is 2.26. The summed E-state index contributed by atoms with van der Waals surface area (Å²) in [5, 5.41) is 0. The molecule has 6 heteroatoms. The van der Waals surface area contributed by atoms with E-state index in [2.05, 4.69) is 23.0 Å². The smallest absolute Gasteiger partial charge is 0.248 e. The van der Waals surface area contributed by atoms with Crippen LogP contribution in [-0.2, 0) is 12.8 Å². The summed E-state index contributed by atoms with van der Waals surface area (Å²) in [5.74, 6) is -0.532. The second-order valence-corrected chi connectivity index (χ2v) is 7.81. The van der Waals surface area contributed by atoms with Crippen LogP contribution in [0.25, 0.3) is 11.1 Å². The van der Waals surface area contributed by atoms with Crippen LogP contribution in [0.2, 0.25) is 0 Å². The third-order valence-electron chi connectivity index (χ3n) is 5.37. The van der Waals surface area contributed by atoms with Gasteiger partial charge in [-0.05, 0) is 65.4 Å². The van der Waals surface area contributed by atoms with Gasteiger partial charge in [0.05, 0.1) is 5.69 Å². The van der Waals surface area contributed by atoms with Crippen LogP contribution >= 0.6 is 0 Å². The number of benzene rings is 2. The van der Waals surface area contributed by atoms with Crippen LogP contribution in [-0.4, -0.2) is 20.9 Å². The Morgan fingerprint density at radius 3 is 2.27 bits per heavy atom. The van der Waals surface area contributed by atoms with Gasteiger partial charge in [0, 0.05) is 42.0 Å². The zero-order valence-corrected chi connectivity index (χ0v) is 17.7. The lowest BCUT2D eigenvalue weighted by Crippen LogP contribution is -2.10. The van der Waals surface area contributed by atoms with Gasteiger partial charge in [-0.2, -0.15) is 0 Å². The highest BCUT2D eigenvalue weighted by Gasteiger charge is 2.12. The molecule has 2 N–H and O–H groups in total. The highest BCUT2D eigenvalue weighted by atomic mass is 19.1. The van der Waals surface area contributed by atoms with Crippen molar-refractivity contribution in [1.82, 2.24) is 15.0 Å². The van der Waals surface area contributed by atoms with Gasteiger partial charge in [0.2, 0.25) is 5.91 Å². The molecule has 0 aliphatic rings. The van der Waals surface area contributed by atoms with Crippen molar-refractivity contribution in [2.24, 2.45) is 5.73 Å². The van der Waals surface area contributed by atoms with Crippen molar-refractivity contribution in [2.75, 3.05) is 0 Å². The largest absolute Gasteiger partial charge is 0.366 e. The molecule has 4 rings (SSSR count). The van der Waals surface area contributed by atoms with Gasteiger partial charge in [-0.1, -0.05) is 38.6 Å². The zero-order valence-electron chi connectivity index (χ0n) is 17.7. The van der Waals surface area contributed by atoms with E-state index < -0.39 is 5.91 Å². The second kappa shape index (κ2) is 10.6. The summed E-state index contributed by atoms with van der Waals surface area (Å²) in [6.07, 6.45) is 6.30. The molecule has 1 atom stereocenters. The molecule has 5 nitrogen and oxygen atoms in total. The molecular formula is C27H27FN4O. The first-order valence-corrected chi connectivity index (χ1v) is 10.4. The number of carbonyl (C=O) groups excluding carboxylic acids is 1. The normalized spacial score (nSPS) is 11.5. The van der Waals surface area contributed by atoms with E-state index in [4.69, 9.17) is 10.7 Å². The molecule has 4 aromatic rings. The highest BCUT2D eigenvalue weighted by molar-refractivity contribution is 5.93. The van der Waals surface area contributed by atoms with Gasteiger partial charge in [-0.25, -0.2) is 4.39 Å². The fraction of sp³-hybridized carbons (Fsp3) is 0.185. The molecule has 168 valence electrons. The molecule has 0 unspecified atom stereocenters. The molecule has 0 saturated carbocycles. The third-order valence-corrected chi connectivity index (χ3v) is 5.37. The summed E-state index contributed by atoms with van der Waals surface area (Å²) < 4.78 is 13.3. The number of rotatable bonds is 7. The molecule has 2 heterocycles. The Kier molecular flexibility index (Phi) is 7.61. The Morgan fingerprint density at radius 1 is 0.939 bits per heavy atom. The number of primary amides is 1. The summed E-state index contributed by atoms with van der Waals surface area (Å²) in [4.78, 5) is 24.8. The Labute approximate surface area is 193 Å². The molecule has 2 aromatic carbocycles. The average molecular weight is 443 g/mol. The van der Waals surface area contributed by atoms with E-state index in [1.54, 1.807) is 30.7 Å². The number of aromatic nitrogens is 3. The van der Waals surface area contributed by atoms with Crippen LogP contribution < -0.4 is 5.73 Å². The molecule has 0 radical (unpaired) electrons.